The SMILES string of the molecule is COc1ccc(COC(=O)CSc2ccc([N+](=O)[O-])cc2)cc1F. The average molecular weight is 351 g/mol. The first-order chi connectivity index (χ1) is 11.5. The molecule has 126 valence electrons. The summed E-state index contributed by atoms with van der Waals surface area (Å²) in [5.41, 5.74) is 0.505. The summed E-state index contributed by atoms with van der Waals surface area (Å²) < 4.78 is 23.4. The third-order valence-corrected chi connectivity index (χ3v) is 4.01. The molecule has 0 N–H and O–H groups in total. The fraction of sp³-hybridized carbons (Fsp3) is 0.188. The molecule has 0 radical (unpaired) electrons. The topological polar surface area (TPSA) is 78.7 Å². The van der Waals surface area contributed by atoms with Crippen molar-refractivity contribution in [2.75, 3.05) is 12.9 Å². The van der Waals surface area contributed by atoms with Gasteiger partial charge in [-0.25, -0.2) is 4.39 Å². The van der Waals surface area contributed by atoms with Gasteiger partial charge < -0.3 is 9.47 Å². The summed E-state index contributed by atoms with van der Waals surface area (Å²) in [4.78, 5) is 22.5. The molecule has 0 aromatic heterocycles. The van der Waals surface area contributed by atoms with Gasteiger partial charge in [0, 0.05) is 17.0 Å². The normalized spacial score (nSPS) is 10.2. The molecule has 0 unspecified atom stereocenters. The van der Waals surface area contributed by atoms with E-state index in [9.17, 15) is 19.3 Å². The molecular formula is C16H14FNO5S. The lowest BCUT2D eigenvalue weighted by molar-refractivity contribution is -0.384. The van der Waals surface area contributed by atoms with E-state index in [4.69, 9.17) is 9.47 Å². The van der Waals surface area contributed by atoms with E-state index < -0.39 is 16.7 Å². The van der Waals surface area contributed by atoms with E-state index in [0.717, 1.165) is 0 Å². The van der Waals surface area contributed by atoms with Crippen molar-refractivity contribution >= 4 is 23.4 Å². The zero-order valence-corrected chi connectivity index (χ0v) is 13.5. The minimum absolute atomic E-state index is 0.0107. The molecule has 6 nitrogen and oxygen atoms in total. The number of thioether (sulfide) groups is 1. The van der Waals surface area contributed by atoms with Gasteiger partial charge in [-0.05, 0) is 29.8 Å². The molecule has 8 heteroatoms. The monoisotopic (exact) mass is 351 g/mol. The van der Waals surface area contributed by atoms with E-state index in [2.05, 4.69) is 0 Å². The van der Waals surface area contributed by atoms with Crippen LogP contribution in [0.25, 0.3) is 0 Å². The molecule has 0 spiro atoms. The maximum atomic E-state index is 13.5. The van der Waals surface area contributed by atoms with E-state index in [0.29, 0.717) is 10.5 Å². The average Bonchev–Trinajstić information content (AvgIpc) is 2.58. The van der Waals surface area contributed by atoms with Crippen LogP contribution in [0.4, 0.5) is 10.1 Å². The van der Waals surface area contributed by atoms with Crippen molar-refractivity contribution in [3.8, 4) is 5.75 Å². The summed E-state index contributed by atoms with van der Waals surface area (Å²) >= 11 is 1.20. The van der Waals surface area contributed by atoms with E-state index in [1.807, 2.05) is 0 Å². The smallest absolute Gasteiger partial charge is 0.316 e. The van der Waals surface area contributed by atoms with Crippen LogP contribution in [-0.2, 0) is 16.1 Å². The van der Waals surface area contributed by atoms with Crippen LogP contribution in [0.2, 0.25) is 0 Å². The van der Waals surface area contributed by atoms with Crippen LogP contribution in [0.1, 0.15) is 5.56 Å². The van der Waals surface area contributed by atoms with Crippen LogP contribution in [0.5, 0.6) is 5.75 Å². The quantitative estimate of drug-likeness (QED) is 0.328. The summed E-state index contributed by atoms with van der Waals surface area (Å²) in [7, 11) is 1.37. The fourth-order valence-corrected chi connectivity index (χ4v) is 2.51. The number of ether oxygens (including phenoxy) is 2. The number of hydrogen-bond acceptors (Lipinski definition) is 6. The maximum absolute atomic E-state index is 13.5. The van der Waals surface area contributed by atoms with Gasteiger partial charge in [0.25, 0.3) is 5.69 Å². The third-order valence-electron chi connectivity index (χ3n) is 3.02. The summed E-state index contributed by atoms with van der Waals surface area (Å²) in [5.74, 6) is -0.809. The summed E-state index contributed by atoms with van der Waals surface area (Å²) in [6, 6.07) is 10.2. The molecule has 0 bridgehead atoms. The second-order valence-electron chi connectivity index (χ2n) is 4.67. The number of methoxy groups -OCH3 is 1. The number of benzene rings is 2. The highest BCUT2D eigenvalue weighted by atomic mass is 32.2. The van der Waals surface area contributed by atoms with E-state index in [-0.39, 0.29) is 23.8 Å². The van der Waals surface area contributed by atoms with E-state index in [1.165, 1.54) is 43.1 Å². The van der Waals surface area contributed by atoms with Crippen molar-refractivity contribution in [1.29, 1.82) is 0 Å². The van der Waals surface area contributed by atoms with Gasteiger partial charge in [-0.1, -0.05) is 6.07 Å². The minimum Gasteiger partial charge on any atom is -0.494 e. The molecule has 0 atom stereocenters. The fourth-order valence-electron chi connectivity index (χ4n) is 1.81. The predicted octanol–water partition coefficient (Wildman–Crippen LogP) is 3.58. The highest BCUT2D eigenvalue weighted by molar-refractivity contribution is 8.00. The first kappa shape index (κ1) is 17.7. The first-order valence-electron chi connectivity index (χ1n) is 6.85. The number of nitrogens with zero attached hydrogens (tertiary/aromatic N) is 1. The molecular weight excluding hydrogens is 337 g/mol. The Labute approximate surface area is 141 Å². The Hall–Kier alpha value is -2.61. The van der Waals surface area contributed by atoms with Crippen molar-refractivity contribution in [1.82, 2.24) is 0 Å². The lowest BCUT2D eigenvalue weighted by atomic mass is 10.2. The van der Waals surface area contributed by atoms with E-state index >= 15 is 0 Å². The summed E-state index contributed by atoms with van der Waals surface area (Å²) in [6.07, 6.45) is 0. The van der Waals surface area contributed by atoms with Gasteiger partial charge in [-0.3, -0.25) is 14.9 Å². The van der Waals surface area contributed by atoms with Crippen LogP contribution in [-0.4, -0.2) is 23.8 Å². The predicted molar refractivity (Wildman–Crippen MR) is 86.6 cm³/mol. The van der Waals surface area contributed by atoms with Gasteiger partial charge >= 0.3 is 5.97 Å². The molecule has 0 saturated carbocycles. The Morgan fingerprint density at radius 3 is 2.54 bits per heavy atom. The second-order valence-corrected chi connectivity index (χ2v) is 5.72. The Kier molecular flexibility index (Phi) is 6.14. The number of hydrogen-bond donors (Lipinski definition) is 0. The van der Waals surface area contributed by atoms with Crippen molar-refractivity contribution in [2.24, 2.45) is 0 Å². The molecule has 0 aliphatic carbocycles. The Morgan fingerprint density at radius 2 is 1.96 bits per heavy atom. The Morgan fingerprint density at radius 1 is 1.25 bits per heavy atom. The highest BCUT2D eigenvalue weighted by Gasteiger charge is 2.09. The second kappa shape index (κ2) is 8.30. The van der Waals surface area contributed by atoms with Gasteiger partial charge in [0.1, 0.15) is 6.61 Å². The summed E-state index contributed by atoms with van der Waals surface area (Å²) in [6.45, 7) is -0.0411. The molecule has 2 aromatic rings. The minimum atomic E-state index is -0.522. The van der Waals surface area contributed by atoms with Crippen LogP contribution in [0.3, 0.4) is 0 Å². The molecule has 0 heterocycles. The zero-order valence-electron chi connectivity index (χ0n) is 12.7. The lowest BCUT2D eigenvalue weighted by Gasteiger charge is -2.07. The van der Waals surface area contributed by atoms with Gasteiger partial charge in [-0.15, -0.1) is 11.8 Å². The number of non-ortho nitro benzene ring substituents is 1. The van der Waals surface area contributed by atoms with Crippen LogP contribution >= 0.6 is 11.8 Å². The summed E-state index contributed by atoms with van der Waals surface area (Å²) in [5, 5.41) is 10.6. The van der Waals surface area contributed by atoms with Crippen LogP contribution in [0.15, 0.2) is 47.4 Å². The number of rotatable bonds is 7. The van der Waals surface area contributed by atoms with Gasteiger partial charge in [-0.2, -0.15) is 0 Å². The van der Waals surface area contributed by atoms with Crippen LogP contribution in [0, 0.1) is 15.9 Å². The number of esters is 1. The molecule has 0 aliphatic rings. The molecule has 0 saturated heterocycles. The molecule has 0 fully saturated rings. The van der Waals surface area contributed by atoms with Gasteiger partial charge in [0.05, 0.1) is 17.8 Å². The van der Waals surface area contributed by atoms with E-state index in [1.54, 1.807) is 18.2 Å². The van der Waals surface area contributed by atoms with Crippen molar-refractivity contribution in [3.63, 3.8) is 0 Å². The molecule has 0 aliphatic heterocycles. The Balaban J connectivity index is 1.81. The third kappa shape index (κ3) is 4.95. The van der Waals surface area contributed by atoms with Crippen LogP contribution < -0.4 is 4.74 Å². The number of nitro groups is 1. The molecule has 24 heavy (non-hydrogen) atoms. The van der Waals surface area contributed by atoms with Crippen molar-refractivity contribution in [3.05, 3.63) is 64.0 Å². The number of nitro benzene ring substituents is 1. The molecule has 0 amide bonds. The van der Waals surface area contributed by atoms with Gasteiger partial charge in [0.2, 0.25) is 0 Å². The van der Waals surface area contributed by atoms with Crippen molar-refractivity contribution in [2.45, 2.75) is 11.5 Å². The lowest BCUT2D eigenvalue weighted by Crippen LogP contribution is -2.07. The molecule has 2 aromatic carbocycles. The highest BCUT2D eigenvalue weighted by Crippen LogP contribution is 2.22. The van der Waals surface area contributed by atoms with Crippen molar-refractivity contribution < 1.29 is 23.6 Å². The maximum Gasteiger partial charge on any atom is 0.316 e. The largest absolute Gasteiger partial charge is 0.494 e. The number of halogens is 1. The first-order valence-corrected chi connectivity index (χ1v) is 7.83. The Bertz CT molecular complexity index is 736. The standard InChI is InChI=1S/C16H14FNO5S/c1-22-15-7-2-11(8-14(15)17)9-23-16(19)10-24-13-5-3-12(4-6-13)18(20)21/h2-8H,9-10H2,1H3. The number of carbonyl (C=O) groups is 1. The molecule has 2 rings (SSSR count). The zero-order chi connectivity index (χ0) is 17.5. The number of carbonyl (C=O) groups excluding carboxylic acids is 1. The van der Waals surface area contributed by atoms with Gasteiger partial charge in [0.15, 0.2) is 11.6 Å².